The first-order chi connectivity index (χ1) is 16.7. The third-order valence-electron chi connectivity index (χ3n) is 6.73. The number of aromatic nitrogens is 3. The lowest BCUT2D eigenvalue weighted by atomic mass is 9.79. The van der Waals surface area contributed by atoms with Crippen LogP contribution in [0.15, 0.2) is 24.4 Å². The van der Waals surface area contributed by atoms with Crippen LogP contribution in [0.3, 0.4) is 0 Å². The van der Waals surface area contributed by atoms with Gasteiger partial charge < -0.3 is 26.4 Å². The number of ether oxygens (including phenoxy) is 1. The number of piperidine rings is 1. The number of thiazole rings is 1. The Labute approximate surface area is 206 Å². The zero-order valence-corrected chi connectivity index (χ0v) is 20.7. The van der Waals surface area contributed by atoms with Crippen molar-refractivity contribution in [2.45, 2.75) is 25.4 Å². The largest absolute Gasteiger partial charge is 0.389 e. The van der Waals surface area contributed by atoms with Crippen LogP contribution in [-0.4, -0.2) is 53.0 Å². The quantitative estimate of drug-likeness (QED) is 0.450. The van der Waals surface area contributed by atoms with Gasteiger partial charge in [0, 0.05) is 39.7 Å². The molecule has 9 nitrogen and oxygen atoms in total. The zero-order chi connectivity index (χ0) is 25.3. The van der Waals surface area contributed by atoms with Gasteiger partial charge in [0.2, 0.25) is 0 Å². The second kappa shape index (κ2) is 9.88. The molecule has 2 atom stereocenters. The van der Waals surface area contributed by atoms with Gasteiger partial charge in [0.15, 0.2) is 11.5 Å². The number of aryl methyl sites for hydroxylation is 1. The highest BCUT2D eigenvalue weighted by molar-refractivity contribution is 7.19. The second-order valence-electron chi connectivity index (χ2n) is 8.56. The predicted molar refractivity (Wildman–Crippen MR) is 132 cm³/mol. The summed E-state index contributed by atoms with van der Waals surface area (Å²) in [7, 11) is 3.49. The molecule has 188 valence electrons. The van der Waals surface area contributed by atoms with E-state index in [0.717, 1.165) is 42.1 Å². The Morgan fingerprint density at radius 1 is 1.37 bits per heavy atom. The van der Waals surface area contributed by atoms with Crippen LogP contribution >= 0.6 is 11.3 Å². The number of amides is 1. The van der Waals surface area contributed by atoms with Crippen molar-refractivity contribution >= 4 is 33.8 Å². The Balaban J connectivity index is 1.59. The lowest BCUT2D eigenvalue weighted by Gasteiger charge is -2.47. The van der Waals surface area contributed by atoms with E-state index in [4.69, 9.17) is 16.2 Å². The standard InChI is InChI=1S/C23H29F2N7O2S/c1-4-13-11-32(9-8-23(13,12-26)34-3)22-16(10-28-31(22)2)29-20(33)18-19(27)35-21(30-18)17-14(24)6-5-7-15(17)25/h5-7,10,13H,4,8-9,11-12,26-27H2,1-3H3,(H,29,33)/t13-,23-/m0/s1. The molecule has 1 fully saturated rings. The lowest BCUT2D eigenvalue weighted by molar-refractivity contribution is -0.0649. The third kappa shape index (κ3) is 4.48. The maximum Gasteiger partial charge on any atom is 0.277 e. The number of halogens is 2. The van der Waals surface area contributed by atoms with Crippen LogP contribution in [0.4, 0.5) is 25.3 Å². The molecule has 0 aliphatic carbocycles. The minimum absolute atomic E-state index is 0.00540. The van der Waals surface area contributed by atoms with Crippen molar-refractivity contribution < 1.29 is 18.3 Å². The number of nitrogen functional groups attached to an aromatic ring is 1. The molecule has 0 unspecified atom stereocenters. The van der Waals surface area contributed by atoms with E-state index in [1.54, 1.807) is 25.0 Å². The first-order valence-corrected chi connectivity index (χ1v) is 12.1. The van der Waals surface area contributed by atoms with E-state index in [1.807, 2.05) is 0 Å². The Morgan fingerprint density at radius 3 is 2.71 bits per heavy atom. The highest BCUT2D eigenvalue weighted by Gasteiger charge is 2.42. The van der Waals surface area contributed by atoms with Crippen LogP contribution in [0.1, 0.15) is 30.3 Å². The Kier molecular flexibility index (Phi) is 7.06. The number of nitrogens with two attached hydrogens (primary N) is 2. The van der Waals surface area contributed by atoms with Crippen LogP contribution in [0, 0.1) is 17.6 Å². The molecular weight excluding hydrogens is 476 g/mol. The molecule has 4 rings (SSSR count). The Hall–Kier alpha value is -3.09. The molecule has 1 amide bonds. The number of hydrogen-bond acceptors (Lipinski definition) is 8. The average molecular weight is 506 g/mol. The molecular formula is C23H29F2N7O2S. The summed E-state index contributed by atoms with van der Waals surface area (Å²) in [5.41, 5.74) is 11.7. The first-order valence-electron chi connectivity index (χ1n) is 11.3. The molecule has 3 heterocycles. The van der Waals surface area contributed by atoms with Crippen molar-refractivity contribution in [2.75, 3.05) is 42.7 Å². The van der Waals surface area contributed by atoms with E-state index >= 15 is 0 Å². The van der Waals surface area contributed by atoms with Crippen molar-refractivity contribution in [1.82, 2.24) is 14.8 Å². The summed E-state index contributed by atoms with van der Waals surface area (Å²) < 4.78 is 35.9. The van der Waals surface area contributed by atoms with Gasteiger partial charge >= 0.3 is 0 Å². The summed E-state index contributed by atoms with van der Waals surface area (Å²) in [6.45, 7) is 3.88. The fourth-order valence-electron chi connectivity index (χ4n) is 4.75. The smallest absolute Gasteiger partial charge is 0.277 e. The molecule has 2 aromatic heterocycles. The van der Waals surface area contributed by atoms with E-state index in [9.17, 15) is 13.6 Å². The van der Waals surface area contributed by atoms with Gasteiger partial charge in [-0.15, -0.1) is 0 Å². The molecule has 0 bridgehead atoms. The fourth-order valence-corrected chi connectivity index (χ4v) is 5.62. The third-order valence-corrected chi connectivity index (χ3v) is 7.64. The van der Waals surface area contributed by atoms with Crippen LogP contribution < -0.4 is 21.7 Å². The number of nitrogens with zero attached hydrogens (tertiary/aromatic N) is 4. The number of nitrogens with one attached hydrogen (secondary N) is 1. The maximum atomic E-state index is 14.2. The van der Waals surface area contributed by atoms with Crippen molar-refractivity contribution in [3.05, 3.63) is 41.7 Å². The fraction of sp³-hybridized carbons (Fsp3) is 0.435. The van der Waals surface area contributed by atoms with Gasteiger partial charge in [-0.1, -0.05) is 24.3 Å². The van der Waals surface area contributed by atoms with Gasteiger partial charge in [-0.25, -0.2) is 13.8 Å². The minimum atomic E-state index is -0.777. The van der Waals surface area contributed by atoms with Gasteiger partial charge in [-0.05, 0) is 25.0 Å². The normalized spacial score (nSPS) is 20.3. The number of methoxy groups -OCH3 is 1. The van der Waals surface area contributed by atoms with Gasteiger partial charge in [-0.2, -0.15) is 5.10 Å². The summed E-state index contributed by atoms with van der Waals surface area (Å²) >= 11 is 0.849. The van der Waals surface area contributed by atoms with Crippen molar-refractivity contribution in [3.8, 4) is 10.6 Å². The molecule has 0 saturated carbocycles. The van der Waals surface area contributed by atoms with E-state index in [0.29, 0.717) is 25.3 Å². The number of anilines is 3. The van der Waals surface area contributed by atoms with E-state index in [1.165, 1.54) is 6.07 Å². The number of hydrogen-bond donors (Lipinski definition) is 3. The highest BCUT2D eigenvalue weighted by atomic mass is 32.1. The van der Waals surface area contributed by atoms with Gasteiger partial charge in [-0.3, -0.25) is 9.48 Å². The number of carbonyl (C=O) groups is 1. The van der Waals surface area contributed by atoms with Gasteiger partial charge in [0.25, 0.3) is 5.91 Å². The average Bonchev–Trinajstić information content (AvgIpc) is 3.40. The molecule has 12 heteroatoms. The van der Waals surface area contributed by atoms with Crippen molar-refractivity contribution in [2.24, 2.45) is 18.7 Å². The first kappa shape index (κ1) is 25.0. The molecule has 1 aromatic carbocycles. The van der Waals surface area contributed by atoms with E-state index in [2.05, 4.69) is 27.2 Å². The summed E-state index contributed by atoms with van der Waals surface area (Å²) in [5.74, 6) is -1.22. The van der Waals surface area contributed by atoms with Crippen LogP contribution in [0.25, 0.3) is 10.6 Å². The molecule has 1 aliphatic rings. The summed E-state index contributed by atoms with van der Waals surface area (Å²) in [6, 6.07) is 3.52. The molecule has 0 spiro atoms. The number of rotatable bonds is 7. The molecule has 0 radical (unpaired) electrons. The maximum absolute atomic E-state index is 14.2. The topological polar surface area (TPSA) is 124 Å². The molecule has 35 heavy (non-hydrogen) atoms. The monoisotopic (exact) mass is 505 g/mol. The Bertz CT molecular complexity index is 1200. The zero-order valence-electron chi connectivity index (χ0n) is 19.8. The second-order valence-corrected chi connectivity index (χ2v) is 9.59. The van der Waals surface area contributed by atoms with E-state index < -0.39 is 17.5 Å². The number of carbonyl (C=O) groups excluding carboxylic acids is 1. The molecule has 3 aromatic rings. The van der Waals surface area contributed by atoms with Crippen LogP contribution in [0.2, 0.25) is 0 Å². The Morgan fingerprint density at radius 2 is 2.09 bits per heavy atom. The van der Waals surface area contributed by atoms with Gasteiger partial charge in [0.05, 0.1) is 17.4 Å². The SMILES string of the molecule is CC[C@H]1CN(c2c(NC(=O)c3nc(-c4c(F)cccc4F)sc3N)cnn2C)CC[C@@]1(CN)OC. The minimum Gasteiger partial charge on any atom is -0.389 e. The highest BCUT2D eigenvalue weighted by Crippen LogP contribution is 2.38. The molecule has 5 N–H and O–H groups in total. The lowest BCUT2D eigenvalue weighted by Crippen LogP contribution is -2.57. The van der Waals surface area contributed by atoms with Crippen LogP contribution in [0.5, 0.6) is 0 Å². The van der Waals surface area contributed by atoms with Crippen molar-refractivity contribution in [3.63, 3.8) is 0 Å². The van der Waals surface area contributed by atoms with Gasteiger partial charge in [0.1, 0.15) is 27.3 Å². The summed E-state index contributed by atoms with van der Waals surface area (Å²) in [6.07, 6.45) is 3.16. The predicted octanol–water partition coefficient (Wildman–Crippen LogP) is 3.24. The van der Waals surface area contributed by atoms with Crippen LogP contribution in [-0.2, 0) is 11.8 Å². The summed E-state index contributed by atoms with van der Waals surface area (Å²) in [4.78, 5) is 19.4. The van der Waals surface area contributed by atoms with E-state index in [-0.39, 0.29) is 32.8 Å². The van der Waals surface area contributed by atoms with Crippen molar-refractivity contribution in [1.29, 1.82) is 0 Å². The molecule has 1 saturated heterocycles. The number of benzene rings is 1. The summed E-state index contributed by atoms with van der Waals surface area (Å²) in [5, 5.41) is 7.19. The molecule has 1 aliphatic heterocycles.